The third-order valence-electron chi connectivity index (χ3n) is 3.13. The molecule has 0 bridgehead atoms. The number of rotatable bonds is 4. The van der Waals surface area contributed by atoms with Gasteiger partial charge in [-0.1, -0.05) is 13.0 Å². The highest BCUT2D eigenvalue weighted by atomic mass is 19.1. The van der Waals surface area contributed by atoms with E-state index in [1.165, 1.54) is 12.1 Å². The highest BCUT2D eigenvalue weighted by Gasteiger charge is 2.22. The van der Waals surface area contributed by atoms with E-state index in [1.807, 2.05) is 6.92 Å². The largest absolute Gasteiger partial charge is 0.319 e. The smallest absolute Gasteiger partial charge is 0.134 e. The van der Waals surface area contributed by atoms with Gasteiger partial charge in [-0.15, -0.1) is 0 Å². The molecule has 1 aromatic heterocycles. The second kappa shape index (κ2) is 5.48. The first kappa shape index (κ1) is 13.7. The lowest BCUT2D eigenvalue weighted by atomic mass is 10.0. The van der Waals surface area contributed by atoms with E-state index in [1.54, 1.807) is 23.9 Å². The molecule has 1 atom stereocenters. The van der Waals surface area contributed by atoms with Crippen molar-refractivity contribution in [2.75, 3.05) is 0 Å². The van der Waals surface area contributed by atoms with Crippen LogP contribution < -0.4 is 5.73 Å². The fourth-order valence-corrected chi connectivity index (χ4v) is 2.12. The van der Waals surface area contributed by atoms with Gasteiger partial charge in [0.1, 0.15) is 11.6 Å². The standard InChI is InChI=1S/C14H17F2N3/c1-3-8-19-11(6-7-18-19)14(17)12-10(15)5-4-9(2)13(12)16/h4-7,14H,3,8,17H2,1-2H3. The van der Waals surface area contributed by atoms with Crippen LogP contribution in [0.25, 0.3) is 0 Å². The number of aryl methyl sites for hydroxylation is 2. The molecule has 2 N–H and O–H groups in total. The summed E-state index contributed by atoms with van der Waals surface area (Å²) in [6.07, 6.45) is 2.47. The molecule has 0 spiro atoms. The van der Waals surface area contributed by atoms with Gasteiger partial charge in [0.2, 0.25) is 0 Å². The number of halogens is 2. The van der Waals surface area contributed by atoms with Crippen LogP contribution in [0.4, 0.5) is 8.78 Å². The Balaban J connectivity index is 2.47. The van der Waals surface area contributed by atoms with Gasteiger partial charge in [0.25, 0.3) is 0 Å². The van der Waals surface area contributed by atoms with Crippen LogP contribution in [-0.2, 0) is 6.54 Å². The highest BCUT2D eigenvalue weighted by molar-refractivity contribution is 5.33. The molecule has 0 radical (unpaired) electrons. The molecule has 3 nitrogen and oxygen atoms in total. The quantitative estimate of drug-likeness (QED) is 0.923. The summed E-state index contributed by atoms with van der Waals surface area (Å²) in [6.45, 7) is 4.27. The minimum atomic E-state index is -0.853. The van der Waals surface area contributed by atoms with Crippen molar-refractivity contribution in [2.45, 2.75) is 32.9 Å². The molecule has 2 aromatic rings. The number of hydrogen-bond acceptors (Lipinski definition) is 2. The fraction of sp³-hybridized carbons (Fsp3) is 0.357. The average molecular weight is 265 g/mol. The van der Waals surface area contributed by atoms with Crippen LogP contribution in [0.1, 0.15) is 36.2 Å². The Morgan fingerprint density at radius 1 is 1.32 bits per heavy atom. The van der Waals surface area contributed by atoms with Crippen molar-refractivity contribution >= 4 is 0 Å². The molecule has 1 aromatic carbocycles. The molecule has 0 aliphatic heterocycles. The van der Waals surface area contributed by atoms with Crippen molar-refractivity contribution in [3.8, 4) is 0 Å². The summed E-state index contributed by atoms with van der Waals surface area (Å²) in [4.78, 5) is 0. The molecule has 19 heavy (non-hydrogen) atoms. The fourth-order valence-electron chi connectivity index (χ4n) is 2.12. The number of nitrogens with two attached hydrogens (primary N) is 1. The molecule has 1 heterocycles. The summed E-state index contributed by atoms with van der Waals surface area (Å²) in [5.74, 6) is -1.21. The van der Waals surface area contributed by atoms with Crippen molar-refractivity contribution < 1.29 is 8.78 Å². The summed E-state index contributed by atoms with van der Waals surface area (Å²) in [5.41, 5.74) is 6.92. The van der Waals surface area contributed by atoms with Crippen molar-refractivity contribution in [1.82, 2.24) is 9.78 Å². The zero-order valence-electron chi connectivity index (χ0n) is 11.0. The van der Waals surface area contributed by atoms with E-state index >= 15 is 0 Å². The Hall–Kier alpha value is -1.75. The molecular formula is C14H17F2N3. The lowest BCUT2D eigenvalue weighted by Gasteiger charge is -2.16. The molecule has 0 amide bonds. The predicted molar refractivity (Wildman–Crippen MR) is 69.6 cm³/mol. The number of nitrogens with zero attached hydrogens (tertiary/aromatic N) is 2. The zero-order chi connectivity index (χ0) is 14.0. The molecule has 2 rings (SSSR count). The first-order valence-electron chi connectivity index (χ1n) is 6.28. The average Bonchev–Trinajstić information content (AvgIpc) is 2.83. The third kappa shape index (κ3) is 2.51. The topological polar surface area (TPSA) is 43.8 Å². The number of hydrogen-bond donors (Lipinski definition) is 1. The van der Waals surface area contributed by atoms with Crippen LogP contribution in [0, 0.1) is 18.6 Å². The van der Waals surface area contributed by atoms with Crippen LogP contribution >= 0.6 is 0 Å². The summed E-state index contributed by atoms with van der Waals surface area (Å²) >= 11 is 0. The minimum absolute atomic E-state index is 0.0992. The molecule has 0 fully saturated rings. The van der Waals surface area contributed by atoms with E-state index in [4.69, 9.17) is 5.73 Å². The van der Waals surface area contributed by atoms with Gasteiger partial charge in [-0.05, 0) is 31.0 Å². The maximum Gasteiger partial charge on any atom is 0.134 e. The van der Waals surface area contributed by atoms with Gasteiger partial charge in [0.15, 0.2) is 0 Å². The second-order valence-electron chi connectivity index (χ2n) is 4.55. The molecular weight excluding hydrogens is 248 g/mol. The van der Waals surface area contributed by atoms with Crippen molar-refractivity contribution in [1.29, 1.82) is 0 Å². The van der Waals surface area contributed by atoms with E-state index in [0.717, 1.165) is 6.42 Å². The Bertz CT molecular complexity index is 578. The van der Waals surface area contributed by atoms with Crippen molar-refractivity contribution in [3.63, 3.8) is 0 Å². The van der Waals surface area contributed by atoms with E-state index in [9.17, 15) is 8.78 Å². The Morgan fingerprint density at radius 2 is 2.05 bits per heavy atom. The van der Waals surface area contributed by atoms with E-state index in [-0.39, 0.29) is 5.56 Å². The van der Waals surface area contributed by atoms with Crippen LogP contribution in [-0.4, -0.2) is 9.78 Å². The molecule has 1 unspecified atom stereocenters. The van der Waals surface area contributed by atoms with Gasteiger partial charge >= 0.3 is 0 Å². The Morgan fingerprint density at radius 3 is 2.74 bits per heavy atom. The second-order valence-corrected chi connectivity index (χ2v) is 4.55. The van der Waals surface area contributed by atoms with Crippen LogP contribution in [0.3, 0.4) is 0 Å². The van der Waals surface area contributed by atoms with Gasteiger partial charge < -0.3 is 5.73 Å². The number of aromatic nitrogens is 2. The summed E-state index contributed by atoms with van der Waals surface area (Å²) in [6, 6.07) is 3.49. The zero-order valence-corrected chi connectivity index (χ0v) is 11.0. The third-order valence-corrected chi connectivity index (χ3v) is 3.13. The van der Waals surface area contributed by atoms with Gasteiger partial charge in [-0.25, -0.2) is 8.78 Å². The van der Waals surface area contributed by atoms with Crippen LogP contribution in [0.5, 0.6) is 0 Å². The molecule has 0 saturated carbocycles. The van der Waals surface area contributed by atoms with Crippen molar-refractivity contribution in [2.24, 2.45) is 5.73 Å². The van der Waals surface area contributed by atoms with E-state index in [0.29, 0.717) is 17.8 Å². The van der Waals surface area contributed by atoms with E-state index < -0.39 is 17.7 Å². The lowest BCUT2D eigenvalue weighted by molar-refractivity contribution is 0.513. The normalized spacial score (nSPS) is 12.7. The predicted octanol–water partition coefficient (Wildman–Crippen LogP) is 2.93. The molecule has 0 aliphatic carbocycles. The summed E-state index contributed by atoms with van der Waals surface area (Å²) in [7, 11) is 0. The molecule has 0 saturated heterocycles. The summed E-state index contributed by atoms with van der Waals surface area (Å²) < 4.78 is 29.6. The van der Waals surface area contributed by atoms with Gasteiger partial charge in [-0.2, -0.15) is 5.10 Å². The molecule has 0 aliphatic rings. The van der Waals surface area contributed by atoms with Crippen LogP contribution in [0.15, 0.2) is 24.4 Å². The maximum atomic E-state index is 14.1. The van der Waals surface area contributed by atoms with Gasteiger partial charge in [0.05, 0.1) is 11.7 Å². The van der Waals surface area contributed by atoms with E-state index in [2.05, 4.69) is 5.10 Å². The van der Waals surface area contributed by atoms with Crippen LogP contribution in [0.2, 0.25) is 0 Å². The minimum Gasteiger partial charge on any atom is -0.319 e. The SMILES string of the molecule is CCCn1nccc1C(N)c1c(F)ccc(C)c1F. The molecule has 102 valence electrons. The van der Waals surface area contributed by atoms with Gasteiger partial charge in [0, 0.05) is 18.3 Å². The Labute approximate surface area is 111 Å². The molecule has 5 heteroatoms. The first-order chi connectivity index (χ1) is 9.06. The summed E-state index contributed by atoms with van der Waals surface area (Å²) in [5, 5.41) is 4.13. The Kier molecular flexibility index (Phi) is 3.95. The monoisotopic (exact) mass is 265 g/mol. The lowest BCUT2D eigenvalue weighted by Crippen LogP contribution is -2.20. The van der Waals surface area contributed by atoms with Crippen molar-refractivity contribution in [3.05, 3.63) is 52.9 Å². The first-order valence-corrected chi connectivity index (χ1v) is 6.28. The highest BCUT2D eigenvalue weighted by Crippen LogP contribution is 2.26. The number of benzene rings is 1. The van der Waals surface area contributed by atoms with Gasteiger partial charge in [-0.3, -0.25) is 4.68 Å². The maximum absolute atomic E-state index is 14.1.